The molecule has 1 heterocycles. The van der Waals surface area contributed by atoms with Crippen molar-refractivity contribution < 1.29 is 13.9 Å². The molecular weight excluding hydrogens is 223 g/mol. The molecule has 0 radical (unpaired) electrons. The first kappa shape index (κ1) is 11.7. The van der Waals surface area contributed by atoms with E-state index >= 15 is 0 Å². The molecule has 0 fully saturated rings. The van der Waals surface area contributed by atoms with Crippen molar-refractivity contribution in [2.24, 2.45) is 10.7 Å². The molecule has 1 unspecified atom stereocenters. The summed E-state index contributed by atoms with van der Waals surface area (Å²) in [5, 5.41) is 0. The molecule has 1 aromatic rings. The van der Waals surface area contributed by atoms with Crippen LogP contribution in [0.4, 0.5) is 4.39 Å². The molecule has 0 bridgehead atoms. The summed E-state index contributed by atoms with van der Waals surface area (Å²) >= 11 is 0. The van der Waals surface area contributed by atoms with Crippen molar-refractivity contribution in [3.05, 3.63) is 30.1 Å². The van der Waals surface area contributed by atoms with Crippen LogP contribution in [-0.2, 0) is 4.74 Å². The van der Waals surface area contributed by atoms with Gasteiger partial charge in [-0.1, -0.05) is 0 Å². The van der Waals surface area contributed by atoms with E-state index in [1.165, 1.54) is 12.1 Å². The fraction of sp³-hybridized carbons (Fsp3) is 0.417. The van der Waals surface area contributed by atoms with Crippen molar-refractivity contribution in [2.45, 2.75) is 18.9 Å². The van der Waals surface area contributed by atoms with Gasteiger partial charge in [0.1, 0.15) is 23.7 Å². The summed E-state index contributed by atoms with van der Waals surface area (Å²) in [4.78, 5) is 4.20. The summed E-state index contributed by atoms with van der Waals surface area (Å²) in [5.74, 6) is 0.372. The summed E-state index contributed by atoms with van der Waals surface area (Å²) in [6.45, 7) is 2.93. The van der Waals surface area contributed by atoms with E-state index in [0.717, 1.165) is 0 Å². The standard InChI is InChI=1S/C12H15FN2O2/c1-12(8-17-11(14)15-12)6-7-16-10-4-2-9(13)3-5-10/h2-5H,6-8H2,1H3,(H2,14,15). The Morgan fingerprint density at radius 1 is 1.47 bits per heavy atom. The van der Waals surface area contributed by atoms with Gasteiger partial charge in [0.2, 0.25) is 0 Å². The lowest BCUT2D eigenvalue weighted by Gasteiger charge is -2.17. The summed E-state index contributed by atoms with van der Waals surface area (Å²) in [5.41, 5.74) is 5.14. The van der Waals surface area contributed by atoms with Crippen molar-refractivity contribution in [2.75, 3.05) is 13.2 Å². The van der Waals surface area contributed by atoms with Gasteiger partial charge in [0.15, 0.2) is 0 Å². The first-order valence-corrected chi connectivity index (χ1v) is 5.44. The highest BCUT2D eigenvalue weighted by atomic mass is 19.1. The van der Waals surface area contributed by atoms with Gasteiger partial charge in [-0.3, -0.25) is 0 Å². The second-order valence-corrected chi connectivity index (χ2v) is 4.29. The maximum Gasteiger partial charge on any atom is 0.282 e. The van der Waals surface area contributed by atoms with Crippen LogP contribution < -0.4 is 10.5 Å². The molecule has 0 aromatic heterocycles. The molecule has 2 N–H and O–H groups in total. The number of nitrogens with two attached hydrogens (primary N) is 1. The summed E-state index contributed by atoms with van der Waals surface area (Å²) in [7, 11) is 0. The molecule has 2 rings (SSSR count). The highest BCUT2D eigenvalue weighted by Gasteiger charge is 2.30. The SMILES string of the molecule is CC1(CCOc2ccc(F)cc2)COC(N)=N1. The van der Waals surface area contributed by atoms with Gasteiger partial charge in [-0.05, 0) is 31.2 Å². The number of benzene rings is 1. The number of rotatable bonds is 4. The van der Waals surface area contributed by atoms with E-state index in [-0.39, 0.29) is 17.4 Å². The third-order valence-corrected chi connectivity index (χ3v) is 2.63. The van der Waals surface area contributed by atoms with E-state index in [4.69, 9.17) is 15.2 Å². The zero-order chi connectivity index (χ0) is 12.3. The number of halogens is 1. The Bertz CT molecular complexity index is 419. The van der Waals surface area contributed by atoms with Crippen molar-refractivity contribution >= 4 is 6.02 Å². The first-order valence-electron chi connectivity index (χ1n) is 5.44. The molecule has 1 atom stereocenters. The molecule has 1 aliphatic rings. The van der Waals surface area contributed by atoms with E-state index in [1.54, 1.807) is 12.1 Å². The minimum Gasteiger partial charge on any atom is -0.494 e. The van der Waals surface area contributed by atoms with Crippen LogP contribution in [0.1, 0.15) is 13.3 Å². The normalized spacial score (nSPS) is 23.1. The Hall–Kier alpha value is -1.78. The maximum absolute atomic E-state index is 12.7. The Kier molecular flexibility index (Phi) is 3.17. The summed E-state index contributed by atoms with van der Waals surface area (Å²) in [6, 6.07) is 6.16. The van der Waals surface area contributed by atoms with E-state index in [1.807, 2.05) is 6.92 Å². The van der Waals surface area contributed by atoms with Crippen LogP contribution in [-0.4, -0.2) is 24.8 Å². The van der Waals surface area contributed by atoms with Crippen LogP contribution in [0.15, 0.2) is 29.3 Å². The zero-order valence-electron chi connectivity index (χ0n) is 9.65. The molecule has 0 saturated heterocycles. The van der Waals surface area contributed by atoms with Gasteiger partial charge >= 0.3 is 0 Å². The number of ether oxygens (including phenoxy) is 2. The third kappa shape index (κ3) is 3.09. The predicted molar refractivity (Wildman–Crippen MR) is 62.5 cm³/mol. The molecular formula is C12H15FN2O2. The second-order valence-electron chi connectivity index (χ2n) is 4.29. The number of amidine groups is 1. The molecule has 1 aliphatic heterocycles. The second kappa shape index (κ2) is 4.61. The lowest BCUT2D eigenvalue weighted by atomic mass is 10.0. The number of nitrogens with zero attached hydrogens (tertiary/aromatic N) is 1. The van der Waals surface area contributed by atoms with Gasteiger partial charge in [-0.2, -0.15) is 0 Å². The van der Waals surface area contributed by atoms with Crippen LogP contribution in [0.2, 0.25) is 0 Å². The molecule has 0 saturated carbocycles. The smallest absolute Gasteiger partial charge is 0.282 e. The third-order valence-electron chi connectivity index (χ3n) is 2.63. The van der Waals surface area contributed by atoms with Gasteiger partial charge < -0.3 is 15.2 Å². The number of hydrogen-bond donors (Lipinski definition) is 1. The van der Waals surface area contributed by atoms with Crippen LogP contribution in [0, 0.1) is 5.82 Å². The van der Waals surface area contributed by atoms with E-state index in [2.05, 4.69) is 4.99 Å². The van der Waals surface area contributed by atoms with E-state index in [9.17, 15) is 4.39 Å². The van der Waals surface area contributed by atoms with Crippen LogP contribution >= 0.6 is 0 Å². The fourth-order valence-electron chi connectivity index (χ4n) is 1.61. The molecule has 4 nitrogen and oxygen atoms in total. The fourth-order valence-corrected chi connectivity index (χ4v) is 1.61. The Balaban J connectivity index is 1.82. The van der Waals surface area contributed by atoms with Crippen molar-refractivity contribution in [3.63, 3.8) is 0 Å². The lowest BCUT2D eigenvalue weighted by Crippen LogP contribution is -2.26. The van der Waals surface area contributed by atoms with Crippen molar-refractivity contribution in [1.82, 2.24) is 0 Å². The maximum atomic E-state index is 12.7. The van der Waals surface area contributed by atoms with Gasteiger partial charge in [-0.15, -0.1) is 0 Å². The number of aliphatic imine (C=N–C) groups is 1. The highest BCUT2D eigenvalue weighted by molar-refractivity contribution is 5.73. The minimum atomic E-state index is -0.315. The van der Waals surface area contributed by atoms with Crippen LogP contribution in [0.5, 0.6) is 5.75 Å². The molecule has 17 heavy (non-hydrogen) atoms. The largest absolute Gasteiger partial charge is 0.494 e. The summed E-state index contributed by atoms with van der Waals surface area (Å²) < 4.78 is 23.3. The van der Waals surface area contributed by atoms with Crippen molar-refractivity contribution in [1.29, 1.82) is 0 Å². The summed E-state index contributed by atoms with van der Waals surface area (Å²) in [6.07, 6.45) is 0.699. The Labute approximate surface area is 99.2 Å². The van der Waals surface area contributed by atoms with E-state index in [0.29, 0.717) is 25.4 Å². The average Bonchev–Trinajstić information content (AvgIpc) is 2.62. The topological polar surface area (TPSA) is 56.8 Å². The Morgan fingerprint density at radius 2 is 2.18 bits per heavy atom. The highest BCUT2D eigenvalue weighted by Crippen LogP contribution is 2.21. The predicted octanol–water partition coefficient (Wildman–Crippen LogP) is 1.70. The van der Waals surface area contributed by atoms with Gasteiger partial charge in [0, 0.05) is 6.42 Å². The minimum absolute atomic E-state index is 0.231. The molecule has 0 aliphatic carbocycles. The van der Waals surface area contributed by atoms with E-state index < -0.39 is 0 Å². The monoisotopic (exact) mass is 238 g/mol. The molecule has 5 heteroatoms. The molecule has 0 amide bonds. The van der Waals surface area contributed by atoms with Crippen molar-refractivity contribution in [3.8, 4) is 5.75 Å². The first-order chi connectivity index (χ1) is 8.07. The van der Waals surface area contributed by atoms with Gasteiger partial charge in [0.25, 0.3) is 6.02 Å². The molecule has 92 valence electrons. The van der Waals surface area contributed by atoms with Crippen LogP contribution in [0.3, 0.4) is 0 Å². The number of hydrogen-bond acceptors (Lipinski definition) is 4. The van der Waals surface area contributed by atoms with Gasteiger partial charge in [0.05, 0.1) is 6.61 Å². The quantitative estimate of drug-likeness (QED) is 0.868. The lowest BCUT2D eigenvalue weighted by molar-refractivity contribution is 0.216. The van der Waals surface area contributed by atoms with Crippen LogP contribution in [0.25, 0.3) is 0 Å². The van der Waals surface area contributed by atoms with Gasteiger partial charge in [-0.25, -0.2) is 9.38 Å². The Morgan fingerprint density at radius 3 is 2.76 bits per heavy atom. The zero-order valence-corrected chi connectivity index (χ0v) is 9.65. The molecule has 0 spiro atoms. The average molecular weight is 238 g/mol. The molecule has 1 aromatic carbocycles.